The Hall–Kier alpha value is -2.94. The zero-order valence-corrected chi connectivity index (χ0v) is 16.2. The molecule has 2 heterocycles. The number of nitrogens with zero attached hydrogens (tertiary/aromatic N) is 2. The number of benzene rings is 4. The molecule has 0 aliphatic carbocycles. The van der Waals surface area contributed by atoms with E-state index in [4.69, 9.17) is 23.6 Å². The molecule has 2 nitrogen and oxygen atoms in total. The summed E-state index contributed by atoms with van der Waals surface area (Å²) in [7, 11) is 0. The molecule has 0 atom stereocenters. The Morgan fingerprint density at radius 3 is 1.29 bits per heavy atom. The fourth-order valence-corrected chi connectivity index (χ4v) is 4.97. The van der Waals surface area contributed by atoms with Gasteiger partial charge in [-0.05, 0) is 35.4 Å². The van der Waals surface area contributed by atoms with Crippen molar-refractivity contribution in [2.45, 2.75) is 0 Å². The smallest absolute Gasteiger partial charge is 0.0667 e. The van der Waals surface area contributed by atoms with Gasteiger partial charge in [0.15, 0.2) is 0 Å². The highest BCUT2D eigenvalue weighted by Crippen LogP contribution is 2.42. The van der Waals surface area contributed by atoms with Gasteiger partial charge in [0, 0.05) is 45.1 Å². The van der Waals surface area contributed by atoms with Crippen LogP contribution in [0.2, 0.25) is 0 Å². The molecule has 134 valence electrons. The van der Waals surface area contributed by atoms with Gasteiger partial charge in [0.05, 0.1) is 22.1 Å². The molecule has 4 aromatic carbocycles. The van der Waals surface area contributed by atoms with Crippen LogP contribution in [0, 0.1) is 0 Å². The molecule has 0 saturated heterocycles. The Balaban J connectivity index is 1.84. The summed E-state index contributed by atoms with van der Waals surface area (Å²) in [6.07, 6.45) is 0. The predicted octanol–water partition coefficient (Wildman–Crippen LogP) is 7.57. The van der Waals surface area contributed by atoms with E-state index in [0.29, 0.717) is 0 Å². The van der Waals surface area contributed by atoms with Crippen molar-refractivity contribution >= 4 is 67.2 Å². The second-order valence-electron chi connectivity index (χ2n) is 7.00. The molecule has 0 N–H and O–H groups in total. The number of rotatable bonds is 1. The Kier molecular flexibility index (Phi) is 3.31. The van der Waals surface area contributed by atoms with E-state index < -0.39 is 0 Å². The molecule has 0 bridgehead atoms. The van der Waals surface area contributed by atoms with Crippen LogP contribution in [0.15, 0.2) is 84.9 Å². The second-order valence-corrected chi connectivity index (χ2v) is 7.67. The van der Waals surface area contributed by atoms with E-state index in [2.05, 4.69) is 72.8 Å². The Morgan fingerprint density at radius 1 is 0.429 bits per heavy atom. The third-order valence-corrected chi connectivity index (χ3v) is 6.30. The summed E-state index contributed by atoms with van der Waals surface area (Å²) in [6, 6.07) is 29.1. The first-order chi connectivity index (χ1) is 13.8. The first-order valence-corrected chi connectivity index (χ1v) is 9.80. The standard InChI is InChI=1S/C24H14Cl2N2/c25-27-19-11-3-1-7-17(19)23-15(9-5-13-21(23)27)16-10-6-14-22-24(16)18-8-2-4-12-20(18)28(22)26/h1-14H. The molecule has 0 saturated carbocycles. The van der Waals surface area contributed by atoms with Crippen LogP contribution in [0.5, 0.6) is 0 Å². The lowest BCUT2D eigenvalue weighted by molar-refractivity contribution is 1.39. The quantitative estimate of drug-likeness (QED) is 0.269. The minimum atomic E-state index is 1.01. The van der Waals surface area contributed by atoms with Crippen LogP contribution in [0.1, 0.15) is 0 Å². The molecule has 0 aliphatic rings. The van der Waals surface area contributed by atoms with E-state index in [9.17, 15) is 0 Å². The fourth-order valence-electron chi connectivity index (χ4n) is 4.39. The van der Waals surface area contributed by atoms with Crippen molar-refractivity contribution in [2.75, 3.05) is 0 Å². The Labute approximate surface area is 171 Å². The van der Waals surface area contributed by atoms with Gasteiger partial charge >= 0.3 is 0 Å². The van der Waals surface area contributed by atoms with E-state index >= 15 is 0 Å². The van der Waals surface area contributed by atoms with E-state index in [1.54, 1.807) is 8.17 Å². The molecule has 28 heavy (non-hydrogen) atoms. The number of aromatic nitrogens is 2. The first-order valence-electron chi connectivity index (χ1n) is 9.13. The van der Waals surface area contributed by atoms with Gasteiger partial charge in [0.1, 0.15) is 0 Å². The van der Waals surface area contributed by atoms with Gasteiger partial charge < -0.3 is 0 Å². The van der Waals surface area contributed by atoms with E-state index in [-0.39, 0.29) is 0 Å². The lowest BCUT2D eigenvalue weighted by Gasteiger charge is -2.07. The maximum Gasteiger partial charge on any atom is 0.0667 e. The van der Waals surface area contributed by atoms with Crippen LogP contribution >= 0.6 is 23.6 Å². The largest absolute Gasteiger partial charge is 0.252 e. The van der Waals surface area contributed by atoms with Crippen LogP contribution in [0.3, 0.4) is 0 Å². The number of fused-ring (bicyclic) bond motifs is 6. The lowest BCUT2D eigenvalue weighted by Crippen LogP contribution is -1.84. The van der Waals surface area contributed by atoms with Crippen molar-refractivity contribution in [1.29, 1.82) is 0 Å². The summed E-state index contributed by atoms with van der Waals surface area (Å²) >= 11 is 13.3. The fraction of sp³-hybridized carbons (Fsp3) is 0. The zero-order chi connectivity index (χ0) is 18.8. The minimum absolute atomic E-state index is 1.01. The summed E-state index contributed by atoms with van der Waals surface area (Å²) in [5.74, 6) is 0. The lowest BCUT2D eigenvalue weighted by atomic mass is 9.95. The van der Waals surface area contributed by atoms with Crippen molar-refractivity contribution in [1.82, 2.24) is 8.17 Å². The second kappa shape index (κ2) is 5.78. The van der Waals surface area contributed by atoms with Crippen LogP contribution in [0.25, 0.3) is 54.7 Å². The maximum absolute atomic E-state index is 6.66. The highest BCUT2D eigenvalue weighted by Gasteiger charge is 2.18. The molecule has 0 fully saturated rings. The van der Waals surface area contributed by atoms with Crippen molar-refractivity contribution in [3.63, 3.8) is 0 Å². The number of para-hydroxylation sites is 2. The average Bonchev–Trinajstić information content (AvgIpc) is 3.21. The predicted molar refractivity (Wildman–Crippen MR) is 120 cm³/mol. The van der Waals surface area contributed by atoms with Gasteiger partial charge in [0.25, 0.3) is 0 Å². The highest BCUT2D eigenvalue weighted by molar-refractivity contribution is 6.31. The van der Waals surface area contributed by atoms with Crippen molar-refractivity contribution < 1.29 is 0 Å². The normalized spacial score (nSPS) is 11.9. The van der Waals surface area contributed by atoms with Gasteiger partial charge in [-0.1, -0.05) is 60.7 Å². The molecule has 6 rings (SSSR count). The van der Waals surface area contributed by atoms with E-state index in [1.165, 1.54) is 0 Å². The van der Waals surface area contributed by atoms with Crippen molar-refractivity contribution in [3.8, 4) is 11.1 Å². The van der Waals surface area contributed by atoms with Gasteiger partial charge in [-0.15, -0.1) is 0 Å². The Bertz CT molecular complexity index is 1420. The van der Waals surface area contributed by atoms with Gasteiger partial charge in [-0.25, -0.2) is 0 Å². The molecule has 0 amide bonds. The van der Waals surface area contributed by atoms with E-state index in [1.807, 2.05) is 12.1 Å². The molecular formula is C24H14Cl2N2. The summed E-state index contributed by atoms with van der Waals surface area (Å²) < 4.78 is 3.50. The summed E-state index contributed by atoms with van der Waals surface area (Å²) in [6.45, 7) is 0. The topological polar surface area (TPSA) is 9.86 Å². The molecule has 4 heteroatoms. The molecular weight excluding hydrogens is 387 g/mol. The highest BCUT2D eigenvalue weighted by atomic mass is 35.5. The third kappa shape index (κ3) is 1.99. The van der Waals surface area contributed by atoms with Crippen LogP contribution in [-0.2, 0) is 0 Å². The van der Waals surface area contributed by atoms with Crippen molar-refractivity contribution in [2.24, 2.45) is 0 Å². The summed E-state index contributed by atoms with van der Waals surface area (Å²) in [5.41, 5.74) is 6.36. The zero-order valence-electron chi connectivity index (χ0n) is 14.7. The van der Waals surface area contributed by atoms with Crippen molar-refractivity contribution in [3.05, 3.63) is 84.9 Å². The third-order valence-electron chi connectivity index (χ3n) is 5.57. The summed E-state index contributed by atoms with van der Waals surface area (Å²) in [5, 5.41) is 4.61. The Morgan fingerprint density at radius 2 is 0.821 bits per heavy atom. The molecule has 0 spiro atoms. The van der Waals surface area contributed by atoms with Crippen LogP contribution < -0.4 is 0 Å². The monoisotopic (exact) mass is 400 g/mol. The maximum atomic E-state index is 6.66. The van der Waals surface area contributed by atoms with Gasteiger partial charge in [0.2, 0.25) is 0 Å². The van der Waals surface area contributed by atoms with E-state index in [0.717, 1.165) is 54.7 Å². The molecule has 0 radical (unpaired) electrons. The van der Waals surface area contributed by atoms with Gasteiger partial charge in [-0.3, -0.25) is 8.17 Å². The number of hydrogen-bond donors (Lipinski definition) is 0. The van der Waals surface area contributed by atoms with Crippen LogP contribution in [0.4, 0.5) is 0 Å². The molecule has 6 aromatic rings. The number of hydrogen-bond acceptors (Lipinski definition) is 0. The number of halogens is 2. The SMILES string of the molecule is Cln1c2ccccc2c2c(-c3cccc4c3c3ccccc3n4Cl)cccc21. The molecule has 0 unspecified atom stereocenters. The molecule has 2 aromatic heterocycles. The van der Waals surface area contributed by atoms with Gasteiger partial charge in [-0.2, -0.15) is 0 Å². The van der Waals surface area contributed by atoms with Crippen LogP contribution in [-0.4, -0.2) is 8.17 Å². The molecule has 0 aliphatic heterocycles. The first kappa shape index (κ1) is 16.1. The summed E-state index contributed by atoms with van der Waals surface area (Å²) in [4.78, 5) is 0. The minimum Gasteiger partial charge on any atom is -0.252 e. The average molecular weight is 401 g/mol.